The van der Waals surface area contributed by atoms with Gasteiger partial charge in [-0.2, -0.15) is 0 Å². The number of hydrogen-bond acceptors (Lipinski definition) is 5. The topological polar surface area (TPSA) is 56.1 Å². The van der Waals surface area contributed by atoms with Gasteiger partial charge in [0.15, 0.2) is 0 Å². The van der Waals surface area contributed by atoms with Crippen molar-refractivity contribution in [2.75, 3.05) is 18.0 Å². The number of nitrogens with zero attached hydrogens (tertiary/aromatic N) is 5. The van der Waals surface area contributed by atoms with E-state index in [1.807, 2.05) is 0 Å². The Balaban J connectivity index is 1.30. The van der Waals surface area contributed by atoms with E-state index in [9.17, 15) is 0 Å². The Morgan fingerprint density at radius 3 is 2.48 bits per heavy atom. The van der Waals surface area contributed by atoms with E-state index in [4.69, 9.17) is 27.9 Å². The van der Waals surface area contributed by atoms with Gasteiger partial charge in [-0.15, -0.1) is 10.2 Å². The van der Waals surface area contributed by atoms with Crippen molar-refractivity contribution in [1.82, 2.24) is 19.7 Å². The molecule has 8 heteroatoms. The highest BCUT2D eigenvalue weighted by atomic mass is 35.5. The van der Waals surface area contributed by atoms with E-state index in [0.29, 0.717) is 15.9 Å². The molecule has 162 valence electrons. The molecule has 2 aliphatic rings. The second-order valence-corrected chi connectivity index (χ2v) is 9.10. The van der Waals surface area contributed by atoms with Gasteiger partial charge in [0.05, 0.1) is 10.4 Å². The summed E-state index contributed by atoms with van der Waals surface area (Å²) in [6.07, 6.45) is 5.62. The van der Waals surface area contributed by atoms with Crippen LogP contribution in [0.5, 0.6) is 5.88 Å². The average Bonchev–Trinajstić information content (AvgIpc) is 3.49. The third kappa shape index (κ3) is 3.87. The SMILES string of the molecule is CCn1c(N2CCC(Oc3ncc(Cl)cc3Cl)CC2)nnc1C1(c2ccccc2)CC1. The van der Waals surface area contributed by atoms with Crippen molar-refractivity contribution in [2.45, 2.75) is 50.7 Å². The first-order chi connectivity index (χ1) is 15.1. The van der Waals surface area contributed by atoms with E-state index in [1.54, 1.807) is 12.3 Å². The molecular formula is C23H25Cl2N5O. The highest BCUT2D eigenvalue weighted by Gasteiger charge is 2.50. The minimum absolute atomic E-state index is 0.0148. The van der Waals surface area contributed by atoms with Gasteiger partial charge in [0, 0.05) is 38.7 Å². The van der Waals surface area contributed by atoms with Crippen LogP contribution in [0.1, 0.15) is 44.0 Å². The first-order valence-corrected chi connectivity index (χ1v) is 11.6. The average molecular weight is 458 g/mol. The smallest absolute Gasteiger partial charge is 0.232 e. The number of piperidine rings is 1. The van der Waals surface area contributed by atoms with Gasteiger partial charge in [0.2, 0.25) is 11.8 Å². The molecule has 0 radical (unpaired) electrons. The number of halogens is 2. The Morgan fingerprint density at radius 2 is 1.84 bits per heavy atom. The summed E-state index contributed by atoms with van der Waals surface area (Å²) in [6, 6.07) is 12.4. The Labute approximate surface area is 192 Å². The molecule has 5 rings (SSSR count). The van der Waals surface area contributed by atoms with E-state index in [0.717, 1.165) is 57.1 Å². The number of aromatic nitrogens is 4. The molecule has 6 nitrogen and oxygen atoms in total. The molecule has 3 aromatic rings. The molecule has 1 saturated carbocycles. The lowest BCUT2D eigenvalue weighted by Gasteiger charge is -2.32. The van der Waals surface area contributed by atoms with E-state index in [1.165, 1.54) is 5.56 Å². The van der Waals surface area contributed by atoms with Crippen LogP contribution in [0.4, 0.5) is 5.95 Å². The molecule has 31 heavy (non-hydrogen) atoms. The fourth-order valence-electron chi connectivity index (χ4n) is 4.52. The van der Waals surface area contributed by atoms with Gasteiger partial charge in [-0.1, -0.05) is 53.5 Å². The predicted octanol–water partition coefficient (Wildman–Crippen LogP) is 5.13. The van der Waals surface area contributed by atoms with Gasteiger partial charge in [0.25, 0.3) is 0 Å². The second-order valence-electron chi connectivity index (χ2n) is 8.26. The van der Waals surface area contributed by atoms with Crippen LogP contribution < -0.4 is 9.64 Å². The van der Waals surface area contributed by atoms with Gasteiger partial charge < -0.3 is 9.64 Å². The fraction of sp³-hybridized carbons (Fsp3) is 0.435. The highest BCUT2D eigenvalue weighted by Crippen LogP contribution is 2.53. The number of rotatable bonds is 6. The summed E-state index contributed by atoms with van der Waals surface area (Å²) in [5, 5.41) is 10.3. The molecular weight excluding hydrogens is 433 g/mol. The summed E-state index contributed by atoms with van der Waals surface area (Å²) in [7, 11) is 0. The van der Waals surface area contributed by atoms with E-state index in [2.05, 4.69) is 61.9 Å². The Bertz CT molecular complexity index is 1060. The van der Waals surface area contributed by atoms with E-state index < -0.39 is 0 Å². The van der Waals surface area contributed by atoms with Crippen molar-refractivity contribution >= 4 is 29.2 Å². The minimum atomic E-state index is 0.0148. The fourth-order valence-corrected chi connectivity index (χ4v) is 4.94. The third-order valence-electron chi connectivity index (χ3n) is 6.33. The van der Waals surface area contributed by atoms with Crippen molar-refractivity contribution in [3.63, 3.8) is 0 Å². The quantitative estimate of drug-likeness (QED) is 0.513. The molecule has 0 unspecified atom stereocenters. The second kappa shape index (κ2) is 8.32. The lowest BCUT2D eigenvalue weighted by Crippen LogP contribution is -2.40. The molecule has 0 bridgehead atoms. The molecule has 0 amide bonds. The number of anilines is 1. The minimum Gasteiger partial charge on any atom is -0.473 e. The van der Waals surface area contributed by atoms with E-state index >= 15 is 0 Å². The normalized spacial score (nSPS) is 18.2. The maximum absolute atomic E-state index is 6.21. The Morgan fingerprint density at radius 1 is 1.10 bits per heavy atom. The summed E-state index contributed by atoms with van der Waals surface area (Å²) in [5.74, 6) is 2.49. The van der Waals surface area contributed by atoms with Crippen LogP contribution in [-0.4, -0.2) is 38.9 Å². The van der Waals surface area contributed by atoms with Crippen molar-refractivity contribution in [3.05, 3.63) is 64.0 Å². The number of benzene rings is 1. The van der Waals surface area contributed by atoms with Crippen LogP contribution in [-0.2, 0) is 12.0 Å². The lowest BCUT2D eigenvalue weighted by atomic mass is 9.95. The zero-order chi connectivity index (χ0) is 21.4. The zero-order valence-corrected chi connectivity index (χ0v) is 19.0. The number of hydrogen-bond donors (Lipinski definition) is 0. The molecule has 2 fully saturated rings. The summed E-state index contributed by atoms with van der Waals surface area (Å²) in [6.45, 7) is 4.73. The van der Waals surface area contributed by atoms with Crippen molar-refractivity contribution < 1.29 is 4.74 Å². The zero-order valence-electron chi connectivity index (χ0n) is 17.5. The number of pyridine rings is 1. The lowest BCUT2D eigenvalue weighted by molar-refractivity contribution is 0.163. The molecule has 0 N–H and O–H groups in total. The van der Waals surface area contributed by atoms with Gasteiger partial charge in [-0.3, -0.25) is 4.57 Å². The summed E-state index contributed by atoms with van der Waals surface area (Å²) >= 11 is 12.1. The maximum atomic E-state index is 6.21. The van der Waals surface area contributed by atoms with Crippen molar-refractivity contribution in [3.8, 4) is 5.88 Å². The first kappa shape index (κ1) is 20.6. The van der Waals surface area contributed by atoms with Crippen molar-refractivity contribution in [1.29, 1.82) is 0 Å². The largest absolute Gasteiger partial charge is 0.473 e. The molecule has 1 aliphatic carbocycles. The Kier molecular flexibility index (Phi) is 5.52. The van der Waals surface area contributed by atoms with Crippen molar-refractivity contribution in [2.24, 2.45) is 0 Å². The van der Waals surface area contributed by atoms with E-state index in [-0.39, 0.29) is 11.5 Å². The summed E-state index contributed by atoms with van der Waals surface area (Å²) in [4.78, 5) is 6.53. The molecule has 3 heterocycles. The molecule has 1 saturated heterocycles. The third-order valence-corrected chi connectivity index (χ3v) is 6.81. The van der Waals surface area contributed by atoms with Crippen LogP contribution in [0, 0.1) is 0 Å². The number of ether oxygens (including phenoxy) is 1. The first-order valence-electron chi connectivity index (χ1n) is 10.8. The summed E-state index contributed by atoms with van der Waals surface area (Å²) in [5.41, 5.74) is 1.35. The molecule has 2 aromatic heterocycles. The highest BCUT2D eigenvalue weighted by molar-refractivity contribution is 6.35. The monoisotopic (exact) mass is 457 g/mol. The standard InChI is InChI=1S/C23H25Cl2N5O/c1-2-30-21(23(10-11-23)16-6-4-3-5-7-16)27-28-22(30)29-12-8-18(9-13-29)31-20-19(25)14-17(24)15-26-20/h3-7,14-15,18H,2,8-13H2,1H3. The predicted molar refractivity (Wildman–Crippen MR) is 122 cm³/mol. The van der Waals surface area contributed by atoms with Gasteiger partial charge >= 0.3 is 0 Å². The maximum Gasteiger partial charge on any atom is 0.232 e. The van der Waals surface area contributed by atoms with Crippen LogP contribution in [0.2, 0.25) is 10.0 Å². The summed E-state index contributed by atoms with van der Waals surface area (Å²) < 4.78 is 8.33. The van der Waals surface area contributed by atoms with Crippen LogP contribution >= 0.6 is 23.2 Å². The van der Waals surface area contributed by atoms with Crippen LogP contribution in [0.25, 0.3) is 0 Å². The molecule has 0 spiro atoms. The Hall–Kier alpha value is -2.31. The molecule has 1 aromatic carbocycles. The molecule has 1 aliphatic heterocycles. The van der Waals surface area contributed by atoms with Crippen LogP contribution in [0.3, 0.4) is 0 Å². The van der Waals surface area contributed by atoms with Gasteiger partial charge in [-0.25, -0.2) is 4.98 Å². The van der Waals surface area contributed by atoms with Gasteiger partial charge in [0.1, 0.15) is 17.0 Å². The van der Waals surface area contributed by atoms with Crippen LogP contribution in [0.15, 0.2) is 42.6 Å². The van der Waals surface area contributed by atoms with Gasteiger partial charge in [-0.05, 0) is 31.4 Å². The molecule has 0 atom stereocenters.